The van der Waals surface area contributed by atoms with Gasteiger partial charge in [-0.15, -0.1) is 0 Å². The molecule has 3 heteroatoms. The summed E-state index contributed by atoms with van der Waals surface area (Å²) < 4.78 is 5.20. The monoisotopic (exact) mass is 218 g/mol. The minimum Gasteiger partial charge on any atom is -0.491 e. The molecule has 1 aromatic rings. The third-order valence-electron chi connectivity index (χ3n) is 1.88. The molecular weight excluding hydrogens is 204 g/mol. The topological polar surface area (TPSA) is 46.5 Å². The average Bonchev–Trinajstić information content (AvgIpc) is 2.34. The summed E-state index contributed by atoms with van der Waals surface area (Å²) in [6.45, 7) is 3.65. The number of aliphatic hydroxyl groups excluding tert-OH is 1. The lowest BCUT2D eigenvalue weighted by Crippen LogP contribution is -2.01. The fraction of sp³-hybridized carbons (Fsp3) is 0.154. The van der Waals surface area contributed by atoms with E-state index < -0.39 is 0 Å². The minimum atomic E-state index is -0.124. The predicted molar refractivity (Wildman–Crippen MR) is 63.3 cm³/mol. The fourth-order valence-electron chi connectivity index (χ4n) is 1.09. The molecule has 0 spiro atoms. The zero-order chi connectivity index (χ0) is 11.8. The molecule has 0 atom stereocenters. The highest BCUT2D eigenvalue weighted by molar-refractivity contribution is 6.01. The van der Waals surface area contributed by atoms with Crippen LogP contribution in [-0.2, 0) is 4.79 Å². The largest absolute Gasteiger partial charge is 0.491 e. The van der Waals surface area contributed by atoms with Gasteiger partial charge < -0.3 is 9.84 Å². The molecule has 16 heavy (non-hydrogen) atoms. The zero-order valence-corrected chi connectivity index (χ0v) is 8.93. The summed E-state index contributed by atoms with van der Waals surface area (Å²) in [6, 6.07) is 7.24. The van der Waals surface area contributed by atoms with Crippen molar-refractivity contribution in [3.63, 3.8) is 0 Å². The molecule has 0 aliphatic rings. The number of carbonyl (C=O) groups is 1. The van der Waals surface area contributed by atoms with Crippen LogP contribution in [0.5, 0.6) is 5.75 Å². The van der Waals surface area contributed by atoms with Gasteiger partial charge in [-0.3, -0.25) is 4.79 Å². The first-order chi connectivity index (χ1) is 7.76. The van der Waals surface area contributed by atoms with Gasteiger partial charge in [0, 0.05) is 0 Å². The van der Waals surface area contributed by atoms with Crippen molar-refractivity contribution in [1.29, 1.82) is 0 Å². The van der Waals surface area contributed by atoms with E-state index in [4.69, 9.17) is 9.84 Å². The second-order valence-electron chi connectivity index (χ2n) is 3.08. The van der Waals surface area contributed by atoms with Gasteiger partial charge in [0.1, 0.15) is 12.4 Å². The maximum Gasteiger partial charge on any atom is 0.178 e. The van der Waals surface area contributed by atoms with Crippen LogP contribution in [0.3, 0.4) is 0 Å². The number of benzene rings is 1. The third-order valence-corrected chi connectivity index (χ3v) is 1.88. The Labute approximate surface area is 94.7 Å². The van der Waals surface area contributed by atoms with Crippen LogP contribution in [0.1, 0.15) is 5.56 Å². The van der Waals surface area contributed by atoms with Crippen molar-refractivity contribution in [3.05, 3.63) is 48.6 Å². The van der Waals surface area contributed by atoms with Crippen molar-refractivity contribution in [1.82, 2.24) is 0 Å². The quantitative estimate of drug-likeness (QED) is 0.741. The Balaban J connectivity index is 2.60. The smallest absolute Gasteiger partial charge is 0.178 e. The van der Waals surface area contributed by atoms with Crippen molar-refractivity contribution in [3.8, 4) is 5.75 Å². The van der Waals surface area contributed by atoms with Gasteiger partial charge in [-0.2, -0.15) is 0 Å². The van der Waals surface area contributed by atoms with E-state index in [1.54, 1.807) is 18.2 Å². The fourth-order valence-corrected chi connectivity index (χ4v) is 1.09. The van der Waals surface area contributed by atoms with E-state index in [1.165, 1.54) is 12.2 Å². The molecular formula is C13H14O3. The number of hydrogen-bond donors (Lipinski definition) is 1. The van der Waals surface area contributed by atoms with Gasteiger partial charge in [0.05, 0.1) is 6.61 Å². The summed E-state index contributed by atoms with van der Waals surface area (Å²) in [4.78, 5) is 10.9. The molecule has 1 N–H and O–H groups in total. The van der Waals surface area contributed by atoms with Crippen LogP contribution < -0.4 is 4.74 Å². The van der Waals surface area contributed by atoms with Gasteiger partial charge >= 0.3 is 0 Å². The summed E-state index contributed by atoms with van der Waals surface area (Å²) >= 11 is 0. The number of carbonyl (C=O) groups excluding carboxylic acids is 1. The first-order valence-electron chi connectivity index (χ1n) is 4.94. The Morgan fingerprint density at radius 3 is 2.62 bits per heavy atom. The molecule has 0 saturated carbocycles. The number of hydrogen-bond acceptors (Lipinski definition) is 3. The van der Waals surface area contributed by atoms with Gasteiger partial charge in [0.2, 0.25) is 0 Å². The van der Waals surface area contributed by atoms with Gasteiger partial charge in [0.15, 0.2) is 5.78 Å². The van der Waals surface area contributed by atoms with Gasteiger partial charge in [-0.05, 0) is 29.8 Å². The molecule has 0 radical (unpaired) electrons. The average molecular weight is 218 g/mol. The van der Waals surface area contributed by atoms with Crippen molar-refractivity contribution in [2.45, 2.75) is 0 Å². The van der Waals surface area contributed by atoms with Crippen molar-refractivity contribution < 1.29 is 14.6 Å². The van der Waals surface area contributed by atoms with E-state index in [0.29, 0.717) is 5.75 Å². The number of ether oxygens (including phenoxy) is 1. The molecule has 0 fully saturated rings. The van der Waals surface area contributed by atoms with Crippen molar-refractivity contribution in [2.24, 2.45) is 0 Å². The summed E-state index contributed by atoms with van der Waals surface area (Å²) in [5.41, 5.74) is 0.909. The summed E-state index contributed by atoms with van der Waals surface area (Å²) in [5, 5.41) is 8.57. The molecule has 0 aromatic heterocycles. The standard InChI is InChI=1S/C13H14O3/c1-2-12(15)6-3-11-4-7-13(8-5-11)16-10-9-14/h2-8,14H,1,9-10H2. The molecule has 0 aliphatic carbocycles. The molecule has 0 amide bonds. The van der Waals surface area contributed by atoms with E-state index in [2.05, 4.69) is 6.58 Å². The molecule has 84 valence electrons. The van der Waals surface area contributed by atoms with Gasteiger partial charge in [0.25, 0.3) is 0 Å². The second kappa shape index (κ2) is 6.58. The van der Waals surface area contributed by atoms with E-state index >= 15 is 0 Å². The molecule has 1 rings (SSSR count). The van der Waals surface area contributed by atoms with E-state index in [-0.39, 0.29) is 19.0 Å². The molecule has 0 aliphatic heterocycles. The van der Waals surface area contributed by atoms with E-state index in [9.17, 15) is 4.79 Å². The predicted octanol–water partition coefficient (Wildman–Crippen LogP) is 1.83. The summed E-state index contributed by atoms with van der Waals surface area (Å²) in [7, 11) is 0. The number of rotatable bonds is 6. The van der Waals surface area contributed by atoms with E-state index in [1.807, 2.05) is 12.1 Å². The van der Waals surface area contributed by atoms with Crippen LogP contribution >= 0.6 is 0 Å². The first-order valence-corrected chi connectivity index (χ1v) is 4.94. The molecule has 3 nitrogen and oxygen atoms in total. The highest BCUT2D eigenvalue weighted by Crippen LogP contribution is 2.12. The van der Waals surface area contributed by atoms with Crippen LogP contribution in [0, 0.1) is 0 Å². The molecule has 0 bridgehead atoms. The highest BCUT2D eigenvalue weighted by Gasteiger charge is 1.93. The van der Waals surface area contributed by atoms with Crippen LogP contribution in [0.15, 0.2) is 43.0 Å². The second-order valence-corrected chi connectivity index (χ2v) is 3.08. The van der Waals surface area contributed by atoms with Crippen LogP contribution in [0.2, 0.25) is 0 Å². The van der Waals surface area contributed by atoms with Crippen LogP contribution in [0.4, 0.5) is 0 Å². The minimum absolute atomic E-state index is 0.00447. The Morgan fingerprint density at radius 2 is 2.06 bits per heavy atom. The molecule has 0 saturated heterocycles. The lowest BCUT2D eigenvalue weighted by molar-refractivity contribution is -0.110. The van der Waals surface area contributed by atoms with Crippen molar-refractivity contribution >= 4 is 11.9 Å². The normalized spacial score (nSPS) is 10.3. The maximum atomic E-state index is 10.9. The van der Waals surface area contributed by atoms with E-state index in [0.717, 1.165) is 5.56 Å². The summed E-state index contributed by atoms with van der Waals surface area (Å²) in [6.07, 6.45) is 4.42. The van der Waals surface area contributed by atoms with Crippen LogP contribution in [-0.4, -0.2) is 24.1 Å². The molecule has 0 heterocycles. The number of allylic oxidation sites excluding steroid dienone is 2. The number of aliphatic hydroxyl groups is 1. The SMILES string of the molecule is C=CC(=O)C=Cc1ccc(OCCO)cc1. The molecule has 1 aromatic carbocycles. The molecule has 0 unspecified atom stereocenters. The lowest BCUT2D eigenvalue weighted by atomic mass is 10.2. The number of ketones is 1. The third kappa shape index (κ3) is 4.11. The summed E-state index contributed by atoms with van der Waals surface area (Å²) in [5.74, 6) is 0.571. The van der Waals surface area contributed by atoms with Gasteiger partial charge in [-0.25, -0.2) is 0 Å². The first kappa shape index (κ1) is 12.2. The Bertz CT molecular complexity index is 377. The highest BCUT2D eigenvalue weighted by atomic mass is 16.5. The van der Waals surface area contributed by atoms with Gasteiger partial charge in [-0.1, -0.05) is 24.8 Å². The van der Waals surface area contributed by atoms with Crippen LogP contribution in [0.25, 0.3) is 6.08 Å². The Morgan fingerprint density at radius 1 is 1.38 bits per heavy atom. The maximum absolute atomic E-state index is 10.9. The Hall–Kier alpha value is -1.87. The van der Waals surface area contributed by atoms with Crippen molar-refractivity contribution in [2.75, 3.05) is 13.2 Å². The Kier molecular flexibility index (Phi) is 5.02. The lowest BCUT2D eigenvalue weighted by Gasteiger charge is -2.03. The zero-order valence-electron chi connectivity index (χ0n) is 8.93.